The highest BCUT2D eigenvalue weighted by atomic mass is 32.2. The van der Waals surface area contributed by atoms with Crippen LogP contribution < -0.4 is 0 Å². The topological polar surface area (TPSA) is 90.0 Å². The average molecular weight is 412 g/mol. The number of rotatable bonds is 5. The zero-order valence-electron chi connectivity index (χ0n) is 16.5. The molecule has 0 amide bonds. The van der Waals surface area contributed by atoms with Crippen molar-refractivity contribution in [3.63, 3.8) is 0 Å². The zero-order chi connectivity index (χ0) is 20.2. The van der Waals surface area contributed by atoms with Gasteiger partial charge in [-0.2, -0.15) is 4.31 Å². The molecule has 6 atom stereocenters. The Balaban J connectivity index is 1.52. The molecule has 7 nitrogen and oxygen atoms in total. The first-order chi connectivity index (χ1) is 13.2. The number of carbonyl (C=O) groups is 2. The predicted molar refractivity (Wildman–Crippen MR) is 102 cm³/mol. The second-order valence-electron chi connectivity index (χ2n) is 8.82. The summed E-state index contributed by atoms with van der Waals surface area (Å²) >= 11 is 0. The van der Waals surface area contributed by atoms with E-state index in [4.69, 9.17) is 9.47 Å². The quantitative estimate of drug-likeness (QED) is 0.509. The van der Waals surface area contributed by atoms with E-state index >= 15 is 0 Å². The highest BCUT2D eigenvalue weighted by molar-refractivity contribution is 7.90. The fourth-order valence-electron chi connectivity index (χ4n) is 5.71. The van der Waals surface area contributed by atoms with Gasteiger partial charge in [0.25, 0.3) is 0 Å². The van der Waals surface area contributed by atoms with Crippen LogP contribution in [0.15, 0.2) is 12.2 Å². The van der Waals surface area contributed by atoms with Gasteiger partial charge in [-0.15, -0.1) is 0 Å². The largest absolute Gasteiger partial charge is 0.458 e. The van der Waals surface area contributed by atoms with Crippen molar-refractivity contribution in [1.82, 2.24) is 4.31 Å². The van der Waals surface area contributed by atoms with Gasteiger partial charge in [0.1, 0.15) is 6.10 Å². The fourth-order valence-corrected chi connectivity index (χ4v) is 8.47. The first-order valence-corrected chi connectivity index (χ1v) is 11.8. The molecule has 0 aromatic heterocycles. The van der Waals surface area contributed by atoms with Crippen LogP contribution in [0.1, 0.15) is 58.8 Å². The van der Waals surface area contributed by atoms with Gasteiger partial charge in [0.15, 0.2) is 6.10 Å². The maximum Gasteiger partial charge on any atom is 0.347 e. The maximum atomic E-state index is 13.2. The minimum atomic E-state index is -3.35. The minimum Gasteiger partial charge on any atom is -0.458 e. The molecule has 0 N–H and O–H groups in total. The number of hydrogen-bond acceptors (Lipinski definition) is 6. The summed E-state index contributed by atoms with van der Waals surface area (Å²) in [7, 11) is -3.35. The van der Waals surface area contributed by atoms with Gasteiger partial charge in [0.05, 0.1) is 11.3 Å². The van der Waals surface area contributed by atoms with E-state index < -0.39 is 34.2 Å². The molecule has 0 aromatic carbocycles. The smallest absolute Gasteiger partial charge is 0.347 e. The van der Waals surface area contributed by atoms with Gasteiger partial charge in [-0.1, -0.05) is 25.8 Å². The third-order valence-electron chi connectivity index (χ3n) is 6.95. The second kappa shape index (κ2) is 7.13. The van der Waals surface area contributed by atoms with Crippen LogP contribution in [0.4, 0.5) is 0 Å². The van der Waals surface area contributed by atoms with Crippen molar-refractivity contribution in [2.45, 2.75) is 88.3 Å². The number of fused-ring (bicyclic) bond motifs is 1. The van der Waals surface area contributed by atoms with E-state index in [-0.39, 0.29) is 34.7 Å². The minimum absolute atomic E-state index is 0.0213. The molecule has 4 fully saturated rings. The molecule has 1 heterocycles. The van der Waals surface area contributed by atoms with Crippen molar-refractivity contribution >= 4 is 22.0 Å². The van der Waals surface area contributed by atoms with Crippen LogP contribution >= 0.6 is 0 Å². The highest BCUT2D eigenvalue weighted by Crippen LogP contribution is 2.58. The van der Waals surface area contributed by atoms with E-state index in [2.05, 4.69) is 6.58 Å². The van der Waals surface area contributed by atoms with Crippen molar-refractivity contribution in [2.75, 3.05) is 0 Å². The first kappa shape index (κ1) is 19.9. The third kappa shape index (κ3) is 3.09. The van der Waals surface area contributed by atoms with E-state index in [1.807, 2.05) is 0 Å². The van der Waals surface area contributed by atoms with Gasteiger partial charge in [0.2, 0.25) is 10.0 Å². The SMILES string of the molecule is C=C(C)C(=O)OC(C)C(=O)OC1C2CC3C1N(C1CCCCC1)S(=O)(=O)C3C2. The Morgan fingerprint density at radius 3 is 2.46 bits per heavy atom. The van der Waals surface area contributed by atoms with E-state index in [1.165, 1.54) is 13.8 Å². The number of nitrogens with zero attached hydrogens (tertiary/aromatic N) is 1. The highest BCUT2D eigenvalue weighted by Gasteiger charge is 2.68. The molecule has 0 aromatic rings. The molecule has 2 bridgehead atoms. The molecular formula is C20H29NO6S. The lowest BCUT2D eigenvalue weighted by atomic mass is 9.89. The summed E-state index contributed by atoms with van der Waals surface area (Å²) < 4.78 is 39.0. The van der Waals surface area contributed by atoms with Crippen LogP contribution in [0.2, 0.25) is 0 Å². The summed E-state index contributed by atoms with van der Waals surface area (Å²) in [6.45, 7) is 6.50. The molecule has 4 rings (SSSR count). The molecule has 0 spiro atoms. The van der Waals surface area contributed by atoms with Crippen LogP contribution in [0.3, 0.4) is 0 Å². The Morgan fingerprint density at radius 1 is 1.14 bits per heavy atom. The molecule has 0 radical (unpaired) electrons. The molecule has 3 saturated carbocycles. The van der Waals surface area contributed by atoms with Gasteiger partial charge in [-0.25, -0.2) is 18.0 Å². The molecular weight excluding hydrogens is 382 g/mol. The van der Waals surface area contributed by atoms with Crippen LogP contribution in [-0.4, -0.2) is 54.2 Å². The number of carbonyl (C=O) groups excluding carboxylic acids is 2. The third-order valence-corrected chi connectivity index (χ3v) is 9.39. The second-order valence-corrected chi connectivity index (χ2v) is 10.9. The zero-order valence-corrected chi connectivity index (χ0v) is 17.3. The van der Waals surface area contributed by atoms with Crippen LogP contribution in [0, 0.1) is 11.8 Å². The molecule has 6 unspecified atom stereocenters. The van der Waals surface area contributed by atoms with Gasteiger partial charge in [-0.05, 0) is 51.4 Å². The Labute approximate surface area is 166 Å². The first-order valence-electron chi connectivity index (χ1n) is 10.3. The Morgan fingerprint density at radius 2 is 1.82 bits per heavy atom. The lowest BCUT2D eigenvalue weighted by Crippen LogP contribution is -2.50. The van der Waals surface area contributed by atoms with E-state index in [1.54, 1.807) is 4.31 Å². The number of sulfonamides is 1. The van der Waals surface area contributed by atoms with E-state index in [0.29, 0.717) is 6.42 Å². The molecule has 4 aliphatic rings. The van der Waals surface area contributed by atoms with E-state index in [0.717, 1.165) is 38.5 Å². The average Bonchev–Trinajstić information content (AvgIpc) is 3.26. The van der Waals surface area contributed by atoms with Crippen LogP contribution in [-0.2, 0) is 29.1 Å². The summed E-state index contributed by atoms with van der Waals surface area (Å²) in [5.41, 5.74) is 0.216. The van der Waals surface area contributed by atoms with E-state index in [9.17, 15) is 18.0 Å². The number of hydrogen-bond donors (Lipinski definition) is 0. The Bertz CT molecular complexity index is 787. The van der Waals surface area contributed by atoms with Gasteiger partial charge in [0, 0.05) is 11.6 Å². The van der Waals surface area contributed by atoms with Gasteiger partial charge in [-0.3, -0.25) is 0 Å². The molecule has 156 valence electrons. The molecule has 3 aliphatic carbocycles. The van der Waals surface area contributed by atoms with Crippen molar-refractivity contribution in [1.29, 1.82) is 0 Å². The fraction of sp³-hybridized carbons (Fsp3) is 0.800. The van der Waals surface area contributed by atoms with Gasteiger partial charge >= 0.3 is 11.9 Å². The maximum absolute atomic E-state index is 13.2. The van der Waals surface area contributed by atoms with Crippen molar-refractivity contribution < 1.29 is 27.5 Å². The Kier molecular flexibility index (Phi) is 5.06. The predicted octanol–water partition coefficient (Wildman–Crippen LogP) is 2.16. The summed E-state index contributed by atoms with van der Waals surface area (Å²) in [4.78, 5) is 24.2. The van der Waals surface area contributed by atoms with Crippen molar-refractivity contribution in [3.8, 4) is 0 Å². The molecule has 1 aliphatic heterocycles. The number of esters is 2. The summed E-state index contributed by atoms with van der Waals surface area (Å²) in [5.74, 6) is -1.14. The Hall–Kier alpha value is -1.41. The summed E-state index contributed by atoms with van der Waals surface area (Å²) in [6.07, 6.45) is 4.86. The monoisotopic (exact) mass is 411 g/mol. The van der Waals surface area contributed by atoms with Gasteiger partial charge < -0.3 is 9.47 Å². The lowest BCUT2D eigenvalue weighted by Gasteiger charge is -2.36. The van der Waals surface area contributed by atoms with Crippen molar-refractivity contribution in [2.24, 2.45) is 11.8 Å². The number of ether oxygens (including phenoxy) is 2. The summed E-state index contributed by atoms with van der Waals surface area (Å²) in [6, 6.07) is -0.238. The van der Waals surface area contributed by atoms with Crippen LogP contribution in [0.5, 0.6) is 0 Å². The summed E-state index contributed by atoms with van der Waals surface area (Å²) in [5, 5.41) is -0.321. The molecule has 1 saturated heterocycles. The van der Waals surface area contributed by atoms with Crippen LogP contribution in [0.25, 0.3) is 0 Å². The standard InChI is InChI=1S/C20H29NO6S/c1-11(2)19(22)26-12(3)20(23)27-18-13-9-15-16(10-13)28(24,25)21(17(15)18)14-7-5-4-6-8-14/h12-18H,1,4-10H2,2-3H3. The normalized spacial score (nSPS) is 37.6. The molecule has 8 heteroatoms. The van der Waals surface area contributed by atoms with Crippen molar-refractivity contribution in [3.05, 3.63) is 12.2 Å². The molecule has 28 heavy (non-hydrogen) atoms. The lowest BCUT2D eigenvalue weighted by molar-refractivity contribution is -0.172.